The molecule has 2 saturated heterocycles. The van der Waals surface area contributed by atoms with E-state index in [0.29, 0.717) is 6.04 Å². The number of likely N-dealkylation sites (N-methyl/N-ethyl adjacent to an activating group) is 1. The molecule has 0 amide bonds. The smallest absolute Gasteiger partial charge is 0.310 e. The number of hydrogen-bond acceptors (Lipinski definition) is 3. The minimum atomic E-state index is -0.640. The van der Waals surface area contributed by atoms with Gasteiger partial charge in [-0.2, -0.15) is 0 Å². The van der Waals surface area contributed by atoms with Crippen LogP contribution in [0.5, 0.6) is 0 Å². The Bertz CT molecular complexity index is 282. The lowest BCUT2D eigenvalue weighted by Gasteiger charge is -2.36. The molecule has 2 fully saturated rings. The molecule has 0 spiro atoms. The quantitative estimate of drug-likeness (QED) is 0.759. The van der Waals surface area contributed by atoms with Crippen molar-refractivity contribution in [3.05, 3.63) is 0 Å². The molecule has 2 rings (SSSR count). The van der Waals surface area contributed by atoms with Gasteiger partial charge in [-0.25, -0.2) is 0 Å². The fraction of sp³-hybridized carbons (Fsp3) is 0.917. The van der Waals surface area contributed by atoms with Crippen molar-refractivity contribution in [1.29, 1.82) is 0 Å². The first kappa shape index (κ1) is 11.9. The number of likely N-dealkylation sites (tertiary alicyclic amines) is 2. The molecule has 0 saturated carbocycles. The zero-order valence-electron chi connectivity index (χ0n) is 10.3. The summed E-state index contributed by atoms with van der Waals surface area (Å²) in [4.78, 5) is 15.9. The first-order chi connectivity index (χ1) is 7.51. The molecule has 2 heterocycles. The summed E-state index contributed by atoms with van der Waals surface area (Å²) < 4.78 is 0. The molecule has 16 heavy (non-hydrogen) atoms. The van der Waals surface area contributed by atoms with E-state index in [9.17, 15) is 9.90 Å². The van der Waals surface area contributed by atoms with Crippen LogP contribution in [-0.2, 0) is 4.79 Å². The van der Waals surface area contributed by atoms with E-state index in [0.717, 1.165) is 26.1 Å². The third kappa shape index (κ3) is 2.23. The average molecular weight is 226 g/mol. The maximum absolute atomic E-state index is 11.2. The molecule has 92 valence electrons. The number of carboxylic acids is 1. The fourth-order valence-corrected chi connectivity index (χ4v) is 2.92. The van der Waals surface area contributed by atoms with Crippen LogP contribution in [0.2, 0.25) is 0 Å². The third-order valence-corrected chi connectivity index (χ3v) is 4.14. The summed E-state index contributed by atoms with van der Waals surface area (Å²) in [6.45, 7) is 5.82. The topological polar surface area (TPSA) is 43.8 Å². The summed E-state index contributed by atoms with van der Waals surface area (Å²) in [5, 5.41) is 9.20. The van der Waals surface area contributed by atoms with Crippen molar-refractivity contribution >= 4 is 5.97 Å². The summed E-state index contributed by atoms with van der Waals surface area (Å²) in [6.07, 6.45) is 3.25. The predicted molar refractivity (Wildman–Crippen MR) is 62.5 cm³/mol. The normalized spacial score (nSPS) is 37.8. The van der Waals surface area contributed by atoms with E-state index in [1.165, 1.54) is 19.4 Å². The van der Waals surface area contributed by atoms with Crippen LogP contribution in [0, 0.1) is 5.41 Å². The molecule has 2 atom stereocenters. The molecule has 2 aliphatic heterocycles. The lowest BCUT2D eigenvalue weighted by molar-refractivity contribution is -0.147. The lowest BCUT2D eigenvalue weighted by Crippen LogP contribution is -2.46. The average Bonchev–Trinajstić information content (AvgIpc) is 2.62. The Morgan fingerprint density at radius 3 is 2.75 bits per heavy atom. The van der Waals surface area contributed by atoms with Gasteiger partial charge in [-0.3, -0.25) is 9.69 Å². The number of rotatable bonds is 2. The summed E-state index contributed by atoms with van der Waals surface area (Å²) in [5.41, 5.74) is -0.518. The van der Waals surface area contributed by atoms with Gasteiger partial charge in [-0.05, 0) is 46.3 Å². The van der Waals surface area contributed by atoms with E-state index in [2.05, 4.69) is 16.8 Å². The van der Waals surface area contributed by atoms with E-state index in [-0.39, 0.29) is 0 Å². The molecule has 2 aliphatic rings. The van der Waals surface area contributed by atoms with Crippen LogP contribution in [0.1, 0.15) is 26.2 Å². The largest absolute Gasteiger partial charge is 0.481 e. The minimum absolute atomic E-state index is 0.518. The van der Waals surface area contributed by atoms with Gasteiger partial charge in [0.2, 0.25) is 0 Å². The highest BCUT2D eigenvalue weighted by molar-refractivity contribution is 5.74. The first-order valence-corrected chi connectivity index (χ1v) is 6.17. The van der Waals surface area contributed by atoms with Crippen molar-refractivity contribution in [1.82, 2.24) is 9.80 Å². The zero-order valence-corrected chi connectivity index (χ0v) is 10.3. The Hall–Kier alpha value is -0.610. The van der Waals surface area contributed by atoms with Gasteiger partial charge >= 0.3 is 5.97 Å². The fourth-order valence-electron chi connectivity index (χ4n) is 2.92. The van der Waals surface area contributed by atoms with Crippen molar-refractivity contribution in [3.63, 3.8) is 0 Å². The van der Waals surface area contributed by atoms with E-state index >= 15 is 0 Å². The molecule has 0 bridgehead atoms. The number of aliphatic carboxylic acids is 1. The highest BCUT2D eigenvalue weighted by Gasteiger charge is 2.42. The van der Waals surface area contributed by atoms with Crippen LogP contribution in [0.25, 0.3) is 0 Å². The van der Waals surface area contributed by atoms with Crippen LogP contribution >= 0.6 is 0 Å². The summed E-state index contributed by atoms with van der Waals surface area (Å²) in [7, 11) is 2.15. The minimum Gasteiger partial charge on any atom is -0.481 e. The van der Waals surface area contributed by atoms with Crippen LogP contribution in [-0.4, -0.2) is 60.1 Å². The summed E-state index contributed by atoms with van der Waals surface area (Å²) in [6, 6.07) is 0.569. The third-order valence-electron chi connectivity index (χ3n) is 4.14. The van der Waals surface area contributed by atoms with Gasteiger partial charge in [0.1, 0.15) is 0 Å². The number of hydrogen-bond donors (Lipinski definition) is 1. The molecule has 4 heteroatoms. The highest BCUT2D eigenvalue weighted by atomic mass is 16.4. The summed E-state index contributed by atoms with van der Waals surface area (Å²) >= 11 is 0. The molecule has 2 unspecified atom stereocenters. The van der Waals surface area contributed by atoms with Gasteiger partial charge in [0.25, 0.3) is 0 Å². The second-order valence-electron chi connectivity index (χ2n) is 5.64. The number of carboxylic acid groups (broad SMARTS) is 1. The standard InChI is InChI=1S/C12H22N2O2/c1-12(11(15)16)5-7-14(9-12)10-4-3-6-13(2)8-10/h10H,3-9H2,1-2H3,(H,15,16). The maximum atomic E-state index is 11.2. The summed E-state index contributed by atoms with van der Waals surface area (Å²) in [5.74, 6) is -0.640. The van der Waals surface area contributed by atoms with Crippen molar-refractivity contribution in [2.75, 3.05) is 33.2 Å². The van der Waals surface area contributed by atoms with Crippen LogP contribution in [0.15, 0.2) is 0 Å². The van der Waals surface area contributed by atoms with Crippen molar-refractivity contribution in [2.24, 2.45) is 5.41 Å². The van der Waals surface area contributed by atoms with Crippen LogP contribution in [0.3, 0.4) is 0 Å². The van der Waals surface area contributed by atoms with Crippen molar-refractivity contribution in [3.8, 4) is 0 Å². The highest BCUT2D eigenvalue weighted by Crippen LogP contribution is 2.32. The van der Waals surface area contributed by atoms with E-state index < -0.39 is 11.4 Å². The van der Waals surface area contributed by atoms with Gasteiger partial charge in [-0.1, -0.05) is 0 Å². The molecular formula is C12H22N2O2. The zero-order chi connectivity index (χ0) is 11.8. The van der Waals surface area contributed by atoms with E-state index in [1.807, 2.05) is 6.92 Å². The molecule has 0 aromatic heterocycles. The molecule has 0 radical (unpaired) electrons. The van der Waals surface area contributed by atoms with Gasteiger partial charge < -0.3 is 10.0 Å². The van der Waals surface area contributed by atoms with Gasteiger partial charge in [0.15, 0.2) is 0 Å². The number of nitrogens with zero attached hydrogens (tertiary/aromatic N) is 2. The molecule has 1 N–H and O–H groups in total. The Kier molecular flexibility index (Phi) is 3.22. The van der Waals surface area contributed by atoms with Gasteiger partial charge in [0, 0.05) is 19.1 Å². The molecule has 4 nitrogen and oxygen atoms in total. The van der Waals surface area contributed by atoms with E-state index in [1.54, 1.807) is 0 Å². The molecule has 0 aromatic rings. The first-order valence-electron chi connectivity index (χ1n) is 6.17. The Morgan fingerprint density at radius 2 is 2.19 bits per heavy atom. The Morgan fingerprint density at radius 1 is 1.44 bits per heavy atom. The molecule has 0 aliphatic carbocycles. The monoisotopic (exact) mass is 226 g/mol. The van der Waals surface area contributed by atoms with Crippen molar-refractivity contribution < 1.29 is 9.90 Å². The molecular weight excluding hydrogens is 204 g/mol. The number of piperidine rings is 1. The Balaban J connectivity index is 1.95. The lowest BCUT2D eigenvalue weighted by atomic mass is 9.90. The second-order valence-corrected chi connectivity index (χ2v) is 5.64. The SMILES string of the molecule is CN1CCCC(N2CCC(C)(C(=O)O)C2)C1. The van der Waals surface area contributed by atoms with Crippen LogP contribution < -0.4 is 0 Å². The maximum Gasteiger partial charge on any atom is 0.310 e. The molecule has 0 aromatic carbocycles. The predicted octanol–water partition coefficient (Wildman–Crippen LogP) is 0.877. The van der Waals surface area contributed by atoms with Gasteiger partial charge in [0.05, 0.1) is 5.41 Å². The van der Waals surface area contributed by atoms with Gasteiger partial charge in [-0.15, -0.1) is 0 Å². The van der Waals surface area contributed by atoms with E-state index in [4.69, 9.17) is 0 Å². The number of carbonyl (C=O) groups is 1. The second kappa shape index (κ2) is 4.34. The van der Waals surface area contributed by atoms with Crippen molar-refractivity contribution in [2.45, 2.75) is 32.2 Å². The van der Waals surface area contributed by atoms with Crippen LogP contribution in [0.4, 0.5) is 0 Å². The Labute approximate surface area is 97.2 Å².